The van der Waals surface area contributed by atoms with Gasteiger partial charge >= 0.3 is 6.03 Å². The molecule has 2 aliphatic carbocycles. The smallest absolute Gasteiger partial charge is 0.321 e. The van der Waals surface area contributed by atoms with Crippen LogP contribution in [0.15, 0.2) is 18.2 Å². The van der Waals surface area contributed by atoms with Gasteiger partial charge in [-0.1, -0.05) is 11.6 Å². The van der Waals surface area contributed by atoms with E-state index in [1.165, 1.54) is 25.0 Å². The summed E-state index contributed by atoms with van der Waals surface area (Å²) in [6, 6.07) is 4.57. The lowest BCUT2D eigenvalue weighted by Crippen LogP contribution is -2.47. The van der Waals surface area contributed by atoms with Crippen LogP contribution in [0.5, 0.6) is 0 Å². The normalized spacial score (nSPS) is 27.3. The van der Waals surface area contributed by atoms with Gasteiger partial charge in [0.05, 0.1) is 5.02 Å². The Kier molecular flexibility index (Phi) is 6.62. The topological polar surface area (TPSA) is 38.8 Å². The van der Waals surface area contributed by atoms with E-state index in [9.17, 15) is 9.18 Å². The Hall–Kier alpha value is -1.37. The highest BCUT2D eigenvalue weighted by Gasteiger charge is 2.44. The van der Waals surface area contributed by atoms with Crippen LogP contribution < -0.4 is 5.32 Å². The van der Waals surface area contributed by atoms with Crippen molar-refractivity contribution in [1.29, 1.82) is 0 Å². The van der Waals surface area contributed by atoms with Crippen molar-refractivity contribution in [2.24, 2.45) is 11.8 Å². The van der Waals surface area contributed by atoms with Crippen molar-refractivity contribution in [3.05, 3.63) is 29.0 Å². The van der Waals surface area contributed by atoms with Crippen molar-refractivity contribution in [2.75, 3.05) is 51.6 Å². The first-order valence-corrected chi connectivity index (χ1v) is 11.3. The van der Waals surface area contributed by atoms with Crippen LogP contribution in [0.1, 0.15) is 32.1 Å². The van der Waals surface area contributed by atoms with Crippen LogP contribution in [-0.2, 0) is 0 Å². The first kappa shape index (κ1) is 20.9. The molecule has 3 aliphatic rings. The summed E-state index contributed by atoms with van der Waals surface area (Å²) in [5.41, 5.74) is 0.547. The molecule has 2 saturated carbocycles. The first-order valence-electron chi connectivity index (χ1n) is 10.9. The van der Waals surface area contributed by atoms with E-state index in [0.29, 0.717) is 11.7 Å². The molecule has 1 N–H and O–H groups in total. The summed E-state index contributed by atoms with van der Waals surface area (Å²) >= 11 is 5.88. The number of nitrogens with one attached hydrogen (secondary N) is 1. The summed E-state index contributed by atoms with van der Waals surface area (Å²) in [5.74, 6) is 1.24. The van der Waals surface area contributed by atoms with E-state index in [4.69, 9.17) is 11.6 Å². The number of hydrogen-bond donors (Lipinski definition) is 1. The van der Waals surface area contributed by atoms with Gasteiger partial charge in [0.25, 0.3) is 0 Å². The molecule has 29 heavy (non-hydrogen) atoms. The molecule has 1 saturated heterocycles. The number of carbonyl (C=O) groups excluding carboxylic acids is 1. The summed E-state index contributed by atoms with van der Waals surface area (Å²) in [7, 11) is 2.17. The minimum absolute atomic E-state index is 0.0305. The highest BCUT2D eigenvalue weighted by Crippen LogP contribution is 2.50. The van der Waals surface area contributed by atoms with Gasteiger partial charge in [-0.05, 0) is 75.7 Å². The number of anilines is 1. The van der Waals surface area contributed by atoms with Crippen LogP contribution in [0.25, 0.3) is 0 Å². The van der Waals surface area contributed by atoms with Gasteiger partial charge in [0.1, 0.15) is 5.82 Å². The van der Waals surface area contributed by atoms with E-state index in [1.807, 2.05) is 4.90 Å². The molecule has 7 heteroatoms. The zero-order valence-electron chi connectivity index (χ0n) is 17.2. The predicted molar refractivity (Wildman–Crippen MR) is 115 cm³/mol. The minimum atomic E-state index is -0.472. The lowest BCUT2D eigenvalue weighted by atomic mass is 9.94. The molecule has 4 rings (SSSR count). The standard InChI is InChI=1S/C22H32ClFN4O/c1-26-9-11-27(12-10-26)7-2-8-28(19-5-3-16-13-17(16)14-19)22(29)25-18-4-6-21(24)20(23)15-18/h4,6,15-17,19H,2-3,5,7-14H2,1H3,(H,25,29)/t16?,17?,19-/m1/s1. The highest BCUT2D eigenvalue weighted by atomic mass is 35.5. The van der Waals surface area contributed by atoms with Gasteiger partial charge < -0.3 is 20.0 Å². The Labute approximate surface area is 178 Å². The summed E-state index contributed by atoms with van der Waals surface area (Å²) in [6.07, 6.45) is 5.76. The maximum absolute atomic E-state index is 13.4. The summed E-state index contributed by atoms with van der Waals surface area (Å²) in [6.45, 7) is 6.21. The van der Waals surface area contributed by atoms with E-state index >= 15 is 0 Å². The molecule has 0 spiro atoms. The van der Waals surface area contributed by atoms with Gasteiger partial charge in [-0.3, -0.25) is 0 Å². The van der Waals surface area contributed by atoms with Crippen molar-refractivity contribution < 1.29 is 9.18 Å². The number of urea groups is 1. The number of amides is 2. The second-order valence-corrected chi connectivity index (χ2v) is 9.38. The minimum Gasteiger partial charge on any atom is -0.321 e. The second kappa shape index (κ2) is 9.19. The maximum Gasteiger partial charge on any atom is 0.322 e. The Morgan fingerprint density at radius 2 is 2.00 bits per heavy atom. The molecule has 1 heterocycles. The van der Waals surface area contributed by atoms with Crippen molar-refractivity contribution in [2.45, 2.75) is 38.1 Å². The predicted octanol–water partition coefficient (Wildman–Crippen LogP) is 4.14. The number of benzene rings is 1. The van der Waals surface area contributed by atoms with Gasteiger partial charge in [0, 0.05) is 44.5 Å². The third-order valence-electron chi connectivity index (χ3n) is 6.86. The van der Waals surface area contributed by atoms with Crippen LogP contribution in [-0.4, -0.2) is 73.1 Å². The Morgan fingerprint density at radius 3 is 2.72 bits per heavy atom. The molecule has 2 amide bonds. The molecular formula is C22H32ClFN4O. The zero-order valence-corrected chi connectivity index (χ0v) is 18.0. The first-order chi connectivity index (χ1) is 14.0. The molecule has 1 aromatic rings. The largest absolute Gasteiger partial charge is 0.322 e. The van der Waals surface area contributed by atoms with E-state index < -0.39 is 5.82 Å². The molecule has 0 bridgehead atoms. The van der Waals surface area contributed by atoms with Gasteiger partial charge in [0.15, 0.2) is 0 Å². The fourth-order valence-electron chi connectivity index (χ4n) is 4.86. The number of rotatable bonds is 6. The third kappa shape index (κ3) is 5.41. The van der Waals surface area contributed by atoms with Crippen LogP contribution >= 0.6 is 11.6 Å². The van der Waals surface area contributed by atoms with Crippen LogP contribution in [0.2, 0.25) is 5.02 Å². The van der Waals surface area contributed by atoms with Crippen molar-refractivity contribution in [3.63, 3.8) is 0 Å². The molecule has 160 valence electrons. The number of hydrogen-bond acceptors (Lipinski definition) is 3. The van der Waals surface area contributed by atoms with Crippen LogP contribution in [0.4, 0.5) is 14.9 Å². The molecular weight excluding hydrogens is 391 g/mol. The summed E-state index contributed by atoms with van der Waals surface area (Å²) in [4.78, 5) is 20.0. The molecule has 1 aliphatic heterocycles. The molecule has 0 aromatic heterocycles. The maximum atomic E-state index is 13.4. The summed E-state index contributed by atoms with van der Waals surface area (Å²) in [5, 5.41) is 2.98. The molecule has 3 atom stereocenters. The fourth-order valence-corrected chi connectivity index (χ4v) is 5.05. The average molecular weight is 423 g/mol. The van der Waals surface area contributed by atoms with Gasteiger partial charge in [-0.2, -0.15) is 0 Å². The fraction of sp³-hybridized carbons (Fsp3) is 0.682. The van der Waals surface area contributed by atoms with E-state index in [1.54, 1.807) is 6.07 Å². The Bertz CT molecular complexity index is 725. The number of nitrogens with zero attached hydrogens (tertiary/aromatic N) is 3. The number of carbonyl (C=O) groups is 1. The number of piperazine rings is 1. The molecule has 2 unspecified atom stereocenters. The Morgan fingerprint density at radius 1 is 1.21 bits per heavy atom. The molecule has 0 radical (unpaired) electrons. The zero-order chi connectivity index (χ0) is 20.4. The second-order valence-electron chi connectivity index (χ2n) is 8.97. The number of fused-ring (bicyclic) bond motifs is 1. The monoisotopic (exact) mass is 422 g/mol. The van der Waals surface area contributed by atoms with E-state index in [0.717, 1.165) is 70.4 Å². The van der Waals surface area contributed by atoms with E-state index in [2.05, 4.69) is 22.2 Å². The average Bonchev–Trinajstić information content (AvgIpc) is 3.48. The SMILES string of the molecule is CN1CCN(CCCN(C(=O)Nc2ccc(F)c(Cl)c2)[C@@H]2CCC3CC3C2)CC1. The van der Waals surface area contributed by atoms with Gasteiger partial charge in [-0.15, -0.1) is 0 Å². The molecule has 1 aromatic carbocycles. The van der Waals surface area contributed by atoms with Crippen LogP contribution in [0.3, 0.4) is 0 Å². The molecule has 5 nitrogen and oxygen atoms in total. The molecule has 3 fully saturated rings. The number of likely N-dealkylation sites (N-methyl/N-ethyl adjacent to an activating group) is 1. The van der Waals surface area contributed by atoms with Crippen molar-refractivity contribution in [3.8, 4) is 0 Å². The lowest BCUT2D eigenvalue weighted by molar-refractivity contribution is 0.135. The summed E-state index contributed by atoms with van der Waals surface area (Å²) < 4.78 is 13.4. The van der Waals surface area contributed by atoms with E-state index in [-0.39, 0.29) is 11.1 Å². The van der Waals surface area contributed by atoms with Crippen molar-refractivity contribution >= 4 is 23.3 Å². The lowest BCUT2D eigenvalue weighted by Gasteiger charge is -2.36. The third-order valence-corrected chi connectivity index (χ3v) is 7.15. The number of halogens is 2. The quantitative estimate of drug-likeness (QED) is 0.748. The highest BCUT2D eigenvalue weighted by molar-refractivity contribution is 6.31. The van der Waals surface area contributed by atoms with Gasteiger partial charge in [-0.25, -0.2) is 9.18 Å². The van der Waals surface area contributed by atoms with Crippen LogP contribution in [0, 0.1) is 17.7 Å². The Balaban J connectivity index is 1.36. The van der Waals surface area contributed by atoms with Gasteiger partial charge in [0.2, 0.25) is 0 Å². The van der Waals surface area contributed by atoms with Crippen molar-refractivity contribution in [1.82, 2.24) is 14.7 Å².